The first-order valence-corrected chi connectivity index (χ1v) is 9.07. The summed E-state index contributed by atoms with van der Waals surface area (Å²) in [5.74, 6) is 3.08. The van der Waals surface area contributed by atoms with E-state index in [0.29, 0.717) is 0 Å². The molecular weight excluding hydrogens is 342 g/mol. The molecule has 142 valence electrons. The molecule has 0 bridgehead atoms. The fourth-order valence-corrected chi connectivity index (χ4v) is 4.17. The Hall–Kier alpha value is -2.82. The van der Waals surface area contributed by atoms with Crippen LogP contribution < -0.4 is 9.47 Å². The van der Waals surface area contributed by atoms with Gasteiger partial charge in [0, 0.05) is 17.8 Å². The largest absolute Gasteiger partial charge is 0.493 e. The number of hydrogen-bond donors (Lipinski definition) is 0. The summed E-state index contributed by atoms with van der Waals surface area (Å²) < 4.78 is 22.1. The van der Waals surface area contributed by atoms with Crippen LogP contribution in [-0.2, 0) is 15.9 Å². The zero-order valence-corrected chi connectivity index (χ0v) is 16.5. The molecule has 0 spiro atoms. The molecule has 1 aromatic rings. The minimum Gasteiger partial charge on any atom is -0.493 e. The summed E-state index contributed by atoms with van der Waals surface area (Å²) in [6.07, 6.45) is 7.45. The summed E-state index contributed by atoms with van der Waals surface area (Å²) in [5.41, 5.74) is 6.18. The van der Waals surface area contributed by atoms with E-state index in [1.54, 1.807) is 28.4 Å². The maximum absolute atomic E-state index is 5.56. The van der Waals surface area contributed by atoms with Gasteiger partial charge in [-0.15, -0.1) is 0 Å². The Labute approximate surface area is 160 Å². The minimum absolute atomic E-state index is 0.139. The summed E-state index contributed by atoms with van der Waals surface area (Å²) >= 11 is 0. The number of methoxy groups -OCH3 is 4. The van der Waals surface area contributed by atoms with Crippen LogP contribution in [0.2, 0.25) is 0 Å². The number of ether oxygens (including phenoxy) is 4. The van der Waals surface area contributed by atoms with Gasteiger partial charge in [0.2, 0.25) is 0 Å². The zero-order chi connectivity index (χ0) is 19.1. The molecule has 5 heteroatoms. The van der Waals surface area contributed by atoms with E-state index in [1.807, 2.05) is 0 Å². The molecule has 4 rings (SSSR count). The molecule has 0 aromatic heterocycles. The van der Waals surface area contributed by atoms with Crippen LogP contribution in [0.15, 0.2) is 53.0 Å². The molecule has 1 aliphatic carbocycles. The lowest BCUT2D eigenvalue weighted by molar-refractivity contribution is 0.211. The van der Waals surface area contributed by atoms with Crippen LogP contribution in [0.1, 0.15) is 18.1 Å². The standard InChI is InChI=1S/C22H25NO4/c1-13-8-17-16-11-21(26-4)19(24-2)9-14(16)6-7-23(17)18-12-22(27-5)20(25-3)10-15(13)18/h8-12,18H,6-7H2,1-5H3. The van der Waals surface area contributed by atoms with Gasteiger partial charge in [0.25, 0.3) is 0 Å². The Morgan fingerprint density at radius 1 is 0.889 bits per heavy atom. The van der Waals surface area contributed by atoms with E-state index >= 15 is 0 Å². The second-order valence-corrected chi connectivity index (χ2v) is 6.87. The second kappa shape index (κ2) is 6.72. The van der Waals surface area contributed by atoms with Gasteiger partial charge in [-0.05, 0) is 60.4 Å². The van der Waals surface area contributed by atoms with Crippen molar-refractivity contribution in [2.45, 2.75) is 19.4 Å². The number of hydrogen-bond acceptors (Lipinski definition) is 5. The average molecular weight is 367 g/mol. The number of fused-ring (bicyclic) bond motifs is 5. The van der Waals surface area contributed by atoms with E-state index in [9.17, 15) is 0 Å². The first kappa shape index (κ1) is 17.6. The third-order valence-electron chi connectivity index (χ3n) is 5.56. The normalized spacial score (nSPS) is 20.6. The van der Waals surface area contributed by atoms with Crippen LogP contribution in [0.5, 0.6) is 11.5 Å². The molecule has 1 aromatic carbocycles. The van der Waals surface area contributed by atoms with Crippen LogP contribution in [0.3, 0.4) is 0 Å². The molecule has 0 amide bonds. The topological polar surface area (TPSA) is 40.2 Å². The number of nitrogens with zero attached hydrogens (tertiary/aromatic N) is 1. The van der Waals surface area contributed by atoms with E-state index in [1.165, 1.54) is 28.0 Å². The third-order valence-corrected chi connectivity index (χ3v) is 5.56. The first-order chi connectivity index (χ1) is 13.1. The molecule has 0 fully saturated rings. The molecule has 2 aliphatic heterocycles. The predicted octanol–water partition coefficient (Wildman–Crippen LogP) is 3.68. The van der Waals surface area contributed by atoms with Gasteiger partial charge in [0.05, 0.1) is 34.5 Å². The van der Waals surface area contributed by atoms with Gasteiger partial charge < -0.3 is 23.8 Å². The van der Waals surface area contributed by atoms with Crippen molar-refractivity contribution in [3.8, 4) is 11.5 Å². The monoisotopic (exact) mass is 367 g/mol. The van der Waals surface area contributed by atoms with Crippen LogP contribution in [-0.4, -0.2) is 45.9 Å². The van der Waals surface area contributed by atoms with Crippen LogP contribution in [0, 0.1) is 0 Å². The van der Waals surface area contributed by atoms with Crippen molar-refractivity contribution < 1.29 is 18.9 Å². The quantitative estimate of drug-likeness (QED) is 0.812. The minimum atomic E-state index is 0.139. The SMILES string of the molecule is COC1=CC2=C(C)C=C3c4cc(OC)c(OC)cc4CCN3C2C=C1OC. The Morgan fingerprint density at radius 3 is 2.26 bits per heavy atom. The Bertz CT molecular complexity index is 907. The van der Waals surface area contributed by atoms with Gasteiger partial charge in [-0.3, -0.25) is 0 Å². The van der Waals surface area contributed by atoms with Gasteiger partial charge in [-0.1, -0.05) is 0 Å². The number of allylic oxidation sites excluding steroid dienone is 2. The van der Waals surface area contributed by atoms with Crippen LogP contribution in [0.25, 0.3) is 5.70 Å². The van der Waals surface area contributed by atoms with Crippen LogP contribution in [0.4, 0.5) is 0 Å². The van der Waals surface area contributed by atoms with Gasteiger partial charge in [-0.2, -0.15) is 0 Å². The predicted molar refractivity (Wildman–Crippen MR) is 105 cm³/mol. The Balaban J connectivity index is 1.85. The first-order valence-electron chi connectivity index (χ1n) is 9.07. The molecule has 0 saturated heterocycles. The van der Waals surface area contributed by atoms with Crippen LogP contribution >= 0.6 is 0 Å². The lowest BCUT2D eigenvalue weighted by Crippen LogP contribution is -2.41. The molecule has 0 radical (unpaired) electrons. The van der Waals surface area contributed by atoms with Gasteiger partial charge >= 0.3 is 0 Å². The van der Waals surface area contributed by atoms with E-state index in [0.717, 1.165) is 36.0 Å². The molecule has 1 atom stereocenters. The molecule has 1 unspecified atom stereocenters. The van der Waals surface area contributed by atoms with E-state index in [2.05, 4.69) is 42.2 Å². The molecule has 27 heavy (non-hydrogen) atoms. The second-order valence-electron chi connectivity index (χ2n) is 6.87. The zero-order valence-electron chi connectivity index (χ0n) is 16.5. The fourth-order valence-electron chi connectivity index (χ4n) is 4.17. The van der Waals surface area contributed by atoms with E-state index in [4.69, 9.17) is 18.9 Å². The highest BCUT2D eigenvalue weighted by molar-refractivity contribution is 5.77. The molecule has 2 heterocycles. The van der Waals surface area contributed by atoms with Gasteiger partial charge in [0.1, 0.15) is 0 Å². The number of rotatable bonds is 4. The summed E-state index contributed by atoms with van der Waals surface area (Å²) in [6, 6.07) is 4.33. The molecular formula is C22H25NO4. The van der Waals surface area contributed by atoms with Crippen molar-refractivity contribution in [1.82, 2.24) is 4.90 Å². The highest BCUT2D eigenvalue weighted by Gasteiger charge is 2.35. The lowest BCUT2D eigenvalue weighted by Gasteiger charge is -2.43. The Kier molecular flexibility index (Phi) is 4.38. The third kappa shape index (κ3) is 2.69. The van der Waals surface area contributed by atoms with Crippen molar-refractivity contribution in [2.24, 2.45) is 0 Å². The molecule has 0 saturated carbocycles. The summed E-state index contributed by atoms with van der Waals surface area (Å²) in [7, 11) is 6.71. The smallest absolute Gasteiger partial charge is 0.161 e. The molecule has 3 aliphatic rings. The van der Waals surface area contributed by atoms with E-state index in [-0.39, 0.29) is 6.04 Å². The highest BCUT2D eigenvalue weighted by Crippen LogP contribution is 2.43. The summed E-state index contributed by atoms with van der Waals surface area (Å²) in [6.45, 7) is 3.08. The van der Waals surface area contributed by atoms with Crippen molar-refractivity contribution in [3.63, 3.8) is 0 Å². The summed E-state index contributed by atoms with van der Waals surface area (Å²) in [4.78, 5) is 2.43. The van der Waals surface area contributed by atoms with Crippen molar-refractivity contribution in [1.29, 1.82) is 0 Å². The highest BCUT2D eigenvalue weighted by atomic mass is 16.5. The Morgan fingerprint density at radius 2 is 1.59 bits per heavy atom. The van der Waals surface area contributed by atoms with Crippen molar-refractivity contribution in [3.05, 3.63) is 64.2 Å². The lowest BCUT2D eigenvalue weighted by atomic mass is 9.85. The van der Waals surface area contributed by atoms with E-state index < -0.39 is 0 Å². The van der Waals surface area contributed by atoms with Crippen molar-refractivity contribution >= 4 is 5.70 Å². The summed E-state index contributed by atoms with van der Waals surface area (Å²) in [5, 5.41) is 0. The maximum Gasteiger partial charge on any atom is 0.161 e. The number of benzene rings is 1. The molecule has 0 N–H and O–H groups in total. The van der Waals surface area contributed by atoms with Gasteiger partial charge in [0.15, 0.2) is 23.0 Å². The van der Waals surface area contributed by atoms with Crippen molar-refractivity contribution in [2.75, 3.05) is 35.0 Å². The fraction of sp³-hybridized carbons (Fsp3) is 0.364. The maximum atomic E-state index is 5.56. The average Bonchev–Trinajstić information content (AvgIpc) is 2.71. The molecule has 5 nitrogen and oxygen atoms in total. The van der Waals surface area contributed by atoms with Gasteiger partial charge in [-0.25, -0.2) is 0 Å².